The topological polar surface area (TPSA) is 597 Å². The predicted molar refractivity (Wildman–Crippen MR) is 418 cm³/mol. The van der Waals surface area contributed by atoms with E-state index in [4.69, 9.17) is 47.4 Å². The van der Waals surface area contributed by atoms with E-state index in [1.807, 2.05) is 43.3 Å². The first-order chi connectivity index (χ1) is 55.9. The van der Waals surface area contributed by atoms with E-state index < -0.39 is 76.3 Å². The fourth-order valence-electron chi connectivity index (χ4n) is 11.3. The molecule has 0 spiro atoms. The monoisotopic (exact) mass is 1560 g/mol. The van der Waals surface area contributed by atoms with Crippen molar-refractivity contribution in [3.05, 3.63) is 330 Å². The van der Waals surface area contributed by atoms with Crippen LogP contribution < -0.4 is 46.1 Å². The Morgan fingerprint density at radius 1 is 0.276 bits per heavy atom. The minimum atomic E-state index is -1.04. The van der Waals surface area contributed by atoms with Crippen molar-refractivity contribution in [3.63, 3.8) is 0 Å². The summed E-state index contributed by atoms with van der Waals surface area (Å²) in [5.41, 5.74) is 55.7. The first-order valence-electron chi connectivity index (χ1n) is 34.2. The number of amides is 12. The van der Waals surface area contributed by atoms with Gasteiger partial charge in [-0.1, -0.05) is 72.8 Å². The molecule has 12 amide bonds. The molecule has 0 atom stereocenters. The van der Waals surface area contributed by atoms with Crippen LogP contribution in [0, 0.1) is 0 Å². The largest absolute Gasteiger partial charge is 0.484 e. The van der Waals surface area contributed by atoms with E-state index in [0.717, 1.165) is 34.9 Å². The maximum Gasteiger partial charge on any atom is 0.262 e. The summed E-state index contributed by atoms with van der Waals surface area (Å²) in [7, 11) is 0. The fraction of sp³-hybridized carbons (Fsp3) is 0.143. The minimum Gasteiger partial charge on any atom is -0.484 e. The van der Waals surface area contributed by atoms with Crippen molar-refractivity contribution in [2.75, 3.05) is 51.7 Å². The normalized spacial score (nSPS) is 10.7. The second-order valence-corrected chi connectivity index (χ2v) is 24.8. The van der Waals surface area contributed by atoms with Gasteiger partial charge >= 0.3 is 0 Å². The third-order valence-corrected chi connectivity index (χ3v) is 17.0. The van der Waals surface area contributed by atoms with E-state index in [1.165, 1.54) is 36.4 Å². The molecule has 0 aliphatic heterocycles. The van der Waals surface area contributed by atoms with Crippen LogP contribution in [0.2, 0.25) is 0 Å². The van der Waals surface area contributed by atoms with Gasteiger partial charge in [-0.2, -0.15) is 0 Å². The van der Waals surface area contributed by atoms with E-state index >= 15 is 0 Å². The molecule has 578 valence electrons. The number of rotatable bonds is 33. The molecular weight excluding hydrogens is 1500 g/mol. The summed E-state index contributed by atoms with van der Waals surface area (Å²) in [6, 6.07) is 51.6. The first kappa shape index (κ1) is 83.1. The number of carbonyl (C=O) groups excluding carboxylic acids is 12. The van der Waals surface area contributed by atoms with Crippen LogP contribution >= 0.6 is 0 Å². The van der Waals surface area contributed by atoms with Crippen LogP contribution in [0.4, 0.5) is 34.1 Å². The summed E-state index contributed by atoms with van der Waals surface area (Å²) in [6.45, 7) is 0.823. The number of hydrogen-bond donors (Lipinski definition) is 6. The van der Waals surface area contributed by atoms with Crippen molar-refractivity contribution in [1.29, 1.82) is 0 Å². The molecule has 0 aliphatic carbocycles. The molecular formula is C77H60N24O15. The zero-order valence-electron chi connectivity index (χ0n) is 60.6. The predicted octanol–water partition coefficient (Wildman–Crippen LogP) is 15.5. The lowest BCUT2D eigenvalue weighted by Gasteiger charge is -2.32. The number of anilines is 6. The number of nitrogens with one attached hydrogen (secondary N) is 6. The molecule has 0 aliphatic rings. The van der Waals surface area contributed by atoms with E-state index in [0.29, 0.717) is 51.0 Å². The second kappa shape index (κ2) is 40.5. The molecule has 116 heavy (non-hydrogen) atoms. The van der Waals surface area contributed by atoms with Crippen molar-refractivity contribution in [2.45, 2.75) is 50.9 Å². The maximum absolute atomic E-state index is 13.2. The van der Waals surface area contributed by atoms with Crippen LogP contribution in [-0.2, 0) is 53.4 Å². The highest BCUT2D eigenvalue weighted by molar-refractivity contribution is 6.06. The molecule has 9 rings (SSSR count). The van der Waals surface area contributed by atoms with Crippen molar-refractivity contribution >= 4 is 105 Å². The molecule has 0 aromatic heterocycles. The van der Waals surface area contributed by atoms with Crippen LogP contribution in [0.15, 0.2) is 231 Å². The van der Waals surface area contributed by atoms with Gasteiger partial charge in [-0.3, -0.25) is 57.5 Å². The summed E-state index contributed by atoms with van der Waals surface area (Å²) >= 11 is 0. The number of carbonyl (C=O) groups is 12. The molecule has 0 unspecified atom stereocenters. The Morgan fingerprint density at radius 2 is 0.474 bits per heavy atom. The standard InChI is InChI=1S/C77H60N24O15/c1-77(53-11-23-62(24-12-53)114-41-68(105)84-56-17-2-44(3-18-56)8-29-65(102)87-59-35-47(71(108)90-96-78)32-48(36-59)72(109)91-97-79,54-13-25-63(26-14-54)115-42-69(106)85-57-19-4-45(5-20-57)9-30-66(103)88-60-37-49(73(110)92-98-80)33-50(38-60)74(111)93-99-81)55-15-27-64(28-16-55)116-43-70(107)86-58-21-6-46(7-22-58)10-31-67(104)89-61-39-51(75(112)94-100-82)34-52(40-61)76(113)95-101-83/h2-7,11-28,32-40H,8-10,29-31,41-43H2,1H3,(H,84,105)(H,85,106)(H,86,107)(H,87,102)(H,88,103)(H,89,104). The van der Waals surface area contributed by atoms with Crippen LogP contribution in [0.1, 0.15) is 122 Å². The smallest absolute Gasteiger partial charge is 0.262 e. The summed E-state index contributed by atoms with van der Waals surface area (Å²) in [6.07, 6.45) is 0.554. The van der Waals surface area contributed by atoms with Gasteiger partial charge in [0, 0.05) is 122 Å². The van der Waals surface area contributed by atoms with Crippen molar-refractivity contribution < 1.29 is 71.7 Å². The Bertz CT molecular complexity index is 4980. The highest BCUT2D eigenvalue weighted by Crippen LogP contribution is 2.41. The molecule has 9 aromatic rings. The highest BCUT2D eigenvalue weighted by Gasteiger charge is 2.32. The number of aryl methyl sites for hydroxylation is 3. The van der Waals surface area contributed by atoms with E-state index in [-0.39, 0.29) is 109 Å². The van der Waals surface area contributed by atoms with Gasteiger partial charge in [0.15, 0.2) is 19.8 Å². The van der Waals surface area contributed by atoms with Crippen LogP contribution in [0.3, 0.4) is 0 Å². The third-order valence-electron chi connectivity index (χ3n) is 17.0. The lowest BCUT2D eigenvalue weighted by atomic mass is 9.71. The lowest BCUT2D eigenvalue weighted by molar-refractivity contribution is -0.118. The van der Waals surface area contributed by atoms with Gasteiger partial charge in [0.25, 0.3) is 17.7 Å². The van der Waals surface area contributed by atoms with Gasteiger partial charge in [0.05, 0.1) is 0 Å². The van der Waals surface area contributed by atoms with Crippen molar-refractivity contribution in [2.24, 2.45) is 30.7 Å². The zero-order valence-corrected chi connectivity index (χ0v) is 60.6. The Morgan fingerprint density at radius 3 is 0.672 bits per heavy atom. The summed E-state index contributed by atoms with van der Waals surface area (Å²) < 4.78 is 17.8. The van der Waals surface area contributed by atoms with E-state index in [1.54, 1.807) is 109 Å². The molecule has 0 radical (unpaired) electrons. The van der Waals surface area contributed by atoms with E-state index in [9.17, 15) is 57.5 Å². The van der Waals surface area contributed by atoms with Crippen LogP contribution in [0.25, 0.3) is 62.7 Å². The fourth-order valence-corrected chi connectivity index (χ4v) is 11.3. The summed E-state index contributed by atoms with van der Waals surface area (Å²) in [5, 5.41) is 34.1. The second-order valence-electron chi connectivity index (χ2n) is 24.8. The average Bonchev–Trinajstić information content (AvgIpc) is 0.761. The SMILES string of the molecule is CC(c1ccc(OCC(=O)Nc2ccc(CCC(=O)Nc3cc(C(=O)N=[N+]=[N-])cc(C(=O)N=[N+]=[N-])c3)cc2)cc1)(c1ccc(OCC(=O)Nc2ccc(CCC(=O)Nc3cc(C(=O)N=[N+]=[N-])cc(C(=O)N=[N+]=[N-])c3)cc2)cc1)c1ccc(OCC(=O)Nc2ccc(CCC(=O)Nc3cc(C(=O)N=[N+]=[N-])cc(C(=O)N=[N+]=[N-])c3)cc2)cc1. The quantitative estimate of drug-likeness (QED) is 0.00963. The molecule has 0 saturated heterocycles. The number of hydrogen-bond acceptors (Lipinski definition) is 15. The van der Waals surface area contributed by atoms with Gasteiger partial charge in [0.2, 0.25) is 53.2 Å². The van der Waals surface area contributed by atoms with Gasteiger partial charge in [0.1, 0.15) is 17.2 Å². The molecule has 39 heteroatoms. The summed E-state index contributed by atoms with van der Waals surface area (Å²) in [4.78, 5) is 167. The van der Waals surface area contributed by atoms with Crippen LogP contribution in [0.5, 0.6) is 17.2 Å². The number of nitrogens with zero attached hydrogens (tertiary/aromatic N) is 18. The lowest BCUT2D eigenvalue weighted by Crippen LogP contribution is -2.25. The molecule has 0 bridgehead atoms. The minimum absolute atomic E-state index is 0.00911. The average molecular weight is 1560 g/mol. The third kappa shape index (κ3) is 24.0. The van der Waals surface area contributed by atoms with Gasteiger partial charge in [-0.05, 0) is 251 Å². The molecule has 0 heterocycles. The number of azide groups is 6. The maximum atomic E-state index is 13.2. The zero-order chi connectivity index (χ0) is 83.1. The van der Waals surface area contributed by atoms with Crippen molar-refractivity contribution in [3.8, 4) is 17.2 Å². The van der Waals surface area contributed by atoms with Gasteiger partial charge in [-0.25, -0.2) is 0 Å². The Hall–Kier alpha value is -16.9. The summed E-state index contributed by atoms with van der Waals surface area (Å²) in [5.74, 6) is -8.16. The number of benzene rings is 9. The Kier molecular flexibility index (Phi) is 29.0. The number of ether oxygens (including phenoxy) is 3. The molecule has 6 N–H and O–H groups in total. The van der Waals surface area contributed by atoms with Gasteiger partial charge < -0.3 is 46.1 Å². The molecule has 9 aromatic carbocycles. The highest BCUT2D eigenvalue weighted by atomic mass is 16.5. The first-order valence-corrected chi connectivity index (χ1v) is 34.2. The Balaban J connectivity index is 0.810. The molecule has 0 saturated carbocycles. The van der Waals surface area contributed by atoms with Crippen molar-refractivity contribution in [1.82, 2.24) is 0 Å². The van der Waals surface area contributed by atoms with Crippen LogP contribution in [-0.4, -0.2) is 90.7 Å². The Labute approximate surface area is 654 Å². The molecule has 39 nitrogen and oxygen atoms in total. The van der Waals surface area contributed by atoms with Gasteiger partial charge in [-0.15, -0.1) is 0 Å². The van der Waals surface area contributed by atoms with E-state index in [2.05, 4.69) is 92.1 Å². The molecule has 0 fully saturated rings.